The molecule has 0 radical (unpaired) electrons. The zero-order valence-corrected chi connectivity index (χ0v) is 13.4. The van der Waals surface area contributed by atoms with Crippen molar-refractivity contribution in [3.8, 4) is 0 Å². The van der Waals surface area contributed by atoms with E-state index in [9.17, 15) is 9.90 Å². The summed E-state index contributed by atoms with van der Waals surface area (Å²) in [4.78, 5) is 13.4. The highest BCUT2D eigenvalue weighted by Gasteiger charge is 2.24. The summed E-state index contributed by atoms with van der Waals surface area (Å²) in [6.07, 6.45) is 2.27. The first-order valence-electron chi connectivity index (χ1n) is 7.05. The molecule has 0 atom stereocenters. The summed E-state index contributed by atoms with van der Waals surface area (Å²) in [6, 6.07) is 4.01. The smallest absolute Gasteiger partial charge is 0.310 e. The van der Waals surface area contributed by atoms with Crippen molar-refractivity contribution in [2.75, 3.05) is 20.3 Å². The molecular weight excluding hydrogens is 274 g/mol. The van der Waals surface area contributed by atoms with Crippen LogP contribution in [0.1, 0.15) is 36.4 Å². The van der Waals surface area contributed by atoms with Gasteiger partial charge >= 0.3 is 5.97 Å². The van der Waals surface area contributed by atoms with Crippen LogP contribution in [0.15, 0.2) is 12.1 Å². The number of hydrogen-bond donors (Lipinski definition) is 2. The van der Waals surface area contributed by atoms with Crippen LogP contribution in [0.25, 0.3) is 0 Å². The van der Waals surface area contributed by atoms with Crippen LogP contribution in [0.3, 0.4) is 0 Å². The molecule has 0 aliphatic carbocycles. The Bertz CT molecular complexity index is 405. The first-order chi connectivity index (χ1) is 9.59. The molecule has 0 saturated carbocycles. The highest BCUT2D eigenvalue weighted by molar-refractivity contribution is 7.12. The summed E-state index contributed by atoms with van der Waals surface area (Å²) < 4.78 is 4.66. The monoisotopic (exact) mass is 299 g/mol. The lowest BCUT2D eigenvalue weighted by molar-refractivity contribution is -0.139. The Labute approximate surface area is 125 Å². The molecule has 1 heterocycles. The van der Waals surface area contributed by atoms with Gasteiger partial charge in [-0.25, -0.2) is 0 Å². The van der Waals surface area contributed by atoms with E-state index in [1.807, 2.05) is 12.1 Å². The maximum Gasteiger partial charge on any atom is 0.310 e. The van der Waals surface area contributed by atoms with E-state index < -0.39 is 0 Å². The predicted molar refractivity (Wildman–Crippen MR) is 81.8 cm³/mol. The molecule has 4 nitrogen and oxygen atoms in total. The minimum Gasteiger partial charge on any atom is -0.469 e. The Morgan fingerprint density at radius 3 is 2.55 bits per heavy atom. The maximum atomic E-state index is 11.2. The molecule has 0 bridgehead atoms. The predicted octanol–water partition coefficient (Wildman–Crippen LogP) is 2.35. The molecule has 0 aliphatic heterocycles. The van der Waals surface area contributed by atoms with Crippen LogP contribution < -0.4 is 5.32 Å². The van der Waals surface area contributed by atoms with Gasteiger partial charge in [0.1, 0.15) is 0 Å². The lowest BCUT2D eigenvalue weighted by atomic mass is 9.83. The quantitative estimate of drug-likeness (QED) is 0.687. The number of carbonyl (C=O) groups is 1. The Morgan fingerprint density at radius 1 is 1.35 bits per heavy atom. The standard InChI is InChI=1S/C15H25NO3S/c1-4-15(5-2,11-17)10-16-9-13-7-6-12(20-13)8-14(18)19-3/h6-7,16-17H,4-5,8-11H2,1-3H3. The SMILES string of the molecule is CCC(CC)(CO)CNCc1ccc(CC(=O)OC)s1. The molecule has 0 fully saturated rings. The number of nitrogens with one attached hydrogen (secondary N) is 1. The van der Waals surface area contributed by atoms with Gasteiger partial charge in [-0.2, -0.15) is 0 Å². The molecular formula is C15H25NO3S. The second-order valence-corrected chi connectivity index (χ2v) is 6.34. The third-order valence-electron chi connectivity index (χ3n) is 3.90. The number of methoxy groups -OCH3 is 1. The first kappa shape index (κ1) is 17.1. The molecule has 1 rings (SSSR count). The van der Waals surface area contributed by atoms with Gasteiger partial charge in [0.05, 0.1) is 13.5 Å². The van der Waals surface area contributed by atoms with Crippen LogP contribution >= 0.6 is 11.3 Å². The van der Waals surface area contributed by atoms with E-state index in [1.165, 1.54) is 12.0 Å². The van der Waals surface area contributed by atoms with E-state index in [-0.39, 0.29) is 18.0 Å². The Balaban J connectivity index is 2.44. The number of aliphatic hydroxyl groups excluding tert-OH is 1. The lowest BCUT2D eigenvalue weighted by Gasteiger charge is -2.29. The molecule has 1 aromatic rings. The molecule has 0 saturated heterocycles. The Morgan fingerprint density at radius 2 is 2.00 bits per heavy atom. The molecule has 0 spiro atoms. The van der Waals surface area contributed by atoms with Crippen molar-refractivity contribution in [3.05, 3.63) is 21.9 Å². The molecule has 1 aromatic heterocycles. The van der Waals surface area contributed by atoms with Crippen LogP contribution in [0.2, 0.25) is 0 Å². The van der Waals surface area contributed by atoms with Gasteiger partial charge in [0.2, 0.25) is 0 Å². The van der Waals surface area contributed by atoms with Gasteiger partial charge in [-0.05, 0) is 25.0 Å². The number of carbonyl (C=O) groups excluding carboxylic acids is 1. The van der Waals surface area contributed by atoms with Gasteiger partial charge in [-0.1, -0.05) is 13.8 Å². The largest absolute Gasteiger partial charge is 0.469 e. The van der Waals surface area contributed by atoms with E-state index >= 15 is 0 Å². The number of thiophene rings is 1. The number of hydrogen-bond acceptors (Lipinski definition) is 5. The second kappa shape index (κ2) is 8.39. The van der Waals surface area contributed by atoms with Gasteiger partial charge in [-0.3, -0.25) is 4.79 Å². The van der Waals surface area contributed by atoms with Crippen molar-refractivity contribution in [3.63, 3.8) is 0 Å². The average molecular weight is 299 g/mol. The second-order valence-electron chi connectivity index (χ2n) is 5.09. The third-order valence-corrected chi connectivity index (χ3v) is 4.98. The van der Waals surface area contributed by atoms with Gasteiger partial charge < -0.3 is 15.2 Å². The minimum atomic E-state index is -0.206. The van der Waals surface area contributed by atoms with E-state index in [0.717, 1.165) is 30.8 Å². The highest BCUT2D eigenvalue weighted by atomic mass is 32.1. The fourth-order valence-electron chi connectivity index (χ4n) is 2.06. The molecule has 0 aromatic carbocycles. The number of esters is 1. The summed E-state index contributed by atoms with van der Waals surface area (Å²) >= 11 is 1.62. The topological polar surface area (TPSA) is 58.6 Å². The number of ether oxygens (including phenoxy) is 1. The number of aliphatic hydroxyl groups is 1. The number of rotatable bonds is 9. The van der Waals surface area contributed by atoms with Crippen LogP contribution in [0.5, 0.6) is 0 Å². The third kappa shape index (κ3) is 4.89. The molecule has 5 heteroatoms. The van der Waals surface area contributed by atoms with Crippen LogP contribution in [-0.2, 0) is 22.5 Å². The van der Waals surface area contributed by atoms with Crippen molar-refractivity contribution in [1.29, 1.82) is 0 Å². The van der Waals surface area contributed by atoms with Crippen molar-refractivity contribution >= 4 is 17.3 Å². The summed E-state index contributed by atoms with van der Waals surface area (Å²) in [7, 11) is 1.41. The minimum absolute atomic E-state index is 0.0217. The first-order valence-corrected chi connectivity index (χ1v) is 7.86. The Hall–Kier alpha value is -0.910. The fraction of sp³-hybridized carbons (Fsp3) is 0.667. The van der Waals surface area contributed by atoms with E-state index in [4.69, 9.17) is 0 Å². The maximum absolute atomic E-state index is 11.2. The normalized spacial score (nSPS) is 11.6. The highest BCUT2D eigenvalue weighted by Crippen LogP contribution is 2.25. The van der Waals surface area contributed by atoms with Crippen molar-refractivity contribution < 1.29 is 14.6 Å². The van der Waals surface area contributed by atoms with E-state index in [2.05, 4.69) is 23.9 Å². The van der Waals surface area contributed by atoms with Crippen LogP contribution in [0.4, 0.5) is 0 Å². The Kier molecular flexibility index (Phi) is 7.19. The molecule has 114 valence electrons. The zero-order chi connectivity index (χ0) is 15.0. The van der Waals surface area contributed by atoms with Gasteiger partial charge in [0, 0.05) is 34.9 Å². The van der Waals surface area contributed by atoms with Crippen molar-refractivity contribution in [2.45, 2.75) is 39.7 Å². The van der Waals surface area contributed by atoms with Gasteiger partial charge in [0.25, 0.3) is 0 Å². The zero-order valence-electron chi connectivity index (χ0n) is 12.6. The van der Waals surface area contributed by atoms with E-state index in [0.29, 0.717) is 6.42 Å². The molecule has 0 amide bonds. The summed E-state index contributed by atoms with van der Waals surface area (Å²) in [5, 5.41) is 12.9. The average Bonchev–Trinajstić information content (AvgIpc) is 2.91. The molecule has 2 N–H and O–H groups in total. The summed E-state index contributed by atoms with van der Waals surface area (Å²) in [5.74, 6) is -0.206. The summed E-state index contributed by atoms with van der Waals surface area (Å²) in [6.45, 7) is 6.02. The van der Waals surface area contributed by atoms with Crippen LogP contribution in [-0.4, -0.2) is 31.3 Å². The fourth-order valence-corrected chi connectivity index (χ4v) is 3.03. The van der Waals surface area contributed by atoms with Gasteiger partial charge in [0.15, 0.2) is 0 Å². The molecule has 20 heavy (non-hydrogen) atoms. The lowest BCUT2D eigenvalue weighted by Crippen LogP contribution is -2.36. The van der Waals surface area contributed by atoms with E-state index in [1.54, 1.807) is 11.3 Å². The summed E-state index contributed by atoms with van der Waals surface area (Å²) in [5.41, 5.74) is -0.0217. The van der Waals surface area contributed by atoms with Crippen LogP contribution in [0, 0.1) is 5.41 Å². The van der Waals surface area contributed by atoms with Gasteiger partial charge in [-0.15, -0.1) is 11.3 Å². The molecule has 0 unspecified atom stereocenters. The molecule has 0 aliphatic rings. The van der Waals surface area contributed by atoms with Crippen molar-refractivity contribution in [1.82, 2.24) is 5.32 Å². The van der Waals surface area contributed by atoms with Crippen molar-refractivity contribution in [2.24, 2.45) is 5.41 Å².